The van der Waals surface area contributed by atoms with Gasteiger partial charge in [0.05, 0.1) is 11.9 Å². The van der Waals surface area contributed by atoms with Crippen molar-refractivity contribution in [2.45, 2.75) is 13.0 Å². The molecule has 1 amide bonds. The first-order chi connectivity index (χ1) is 13.7. The van der Waals surface area contributed by atoms with E-state index in [1.54, 1.807) is 9.58 Å². The summed E-state index contributed by atoms with van der Waals surface area (Å²) in [5, 5.41) is 4.69. The van der Waals surface area contributed by atoms with Crippen LogP contribution in [0.1, 0.15) is 5.56 Å². The summed E-state index contributed by atoms with van der Waals surface area (Å²) >= 11 is 0. The number of benzene rings is 2. The number of amides is 1. The quantitative estimate of drug-likeness (QED) is 0.553. The molecule has 5 rings (SSSR count). The summed E-state index contributed by atoms with van der Waals surface area (Å²) < 4.78 is 2.97. The van der Waals surface area contributed by atoms with Gasteiger partial charge in [-0.3, -0.25) is 14.2 Å². The minimum absolute atomic E-state index is 0.0490. The third kappa shape index (κ3) is 2.60. The molecule has 138 valence electrons. The Morgan fingerprint density at radius 2 is 1.82 bits per heavy atom. The lowest BCUT2D eigenvalue weighted by Gasteiger charge is -2.17. The lowest BCUT2D eigenvalue weighted by molar-refractivity contribution is -0.119. The average molecular weight is 371 g/mol. The molecular weight excluding hydrogens is 354 g/mol. The van der Waals surface area contributed by atoms with Crippen LogP contribution in [0.25, 0.3) is 16.7 Å². The first-order valence-corrected chi connectivity index (χ1v) is 9.09. The van der Waals surface area contributed by atoms with Crippen LogP contribution >= 0.6 is 0 Å². The summed E-state index contributed by atoms with van der Waals surface area (Å²) in [5.74, 6) is -0.122. The van der Waals surface area contributed by atoms with Gasteiger partial charge in [0.1, 0.15) is 18.3 Å². The summed E-state index contributed by atoms with van der Waals surface area (Å²) in [5.41, 5.74) is 3.11. The van der Waals surface area contributed by atoms with Crippen molar-refractivity contribution in [3.05, 3.63) is 83.0 Å². The maximum Gasteiger partial charge on any atom is 0.264 e. The molecule has 0 saturated carbocycles. The molecule has 0 spiro atoms. The van der Waals surface area contributed by atoms with Crippen LogP contribution in [0, 0.1) is 0 Å². The van der Waals surface area contributed by atoms with Gasteiger partial charge in [-0.25, -0.2) is 9.67 Å². The van der Waals surface area contributed by atoms with Crippen molar-refractivity contribution >= 4 is 22.6 Å². The molecular formula is C21H17N5O2. The van der Waals surface area contributed by atoms with Gasteiger partial charge in [0.15, 0.2) is 5.65 Å². The minimum Gasteiger partial charge on any atom is -0.310 e. The largest absolute Gasteiger partial charge is 0.310 e. The molecule has 0 bridgehead atoms. The van der Waals surface area contributed by atoms with Crippen LogP contribution in [-0.4, -0.2) is 31.8 Å². The molecule has 0 radical (unpaired) electrons. The van der Waals surface area contributed by atoms with Crippen molar-refractivity contribution in [1.29, 1.82) is 0 Å². The van der Waals surface area contributed by atoms with Gasteiger partial charge in [-0.2, -0.15) is 5.10 Å². The Balaban J connectivity index is 1.47. The van der Waals surface area contributed by atoms with Gasteiger partial charge in [-0.1, -0.05) is 36.4 Å². The van der Waals surface area contributed by atoms with E-state index in [4.69, 9.17) is 0 Å². The van der Waals surface area contributed by atoms with Crippen LogP contribution in [0.4, 0.5) is 5.69 Å². The highest BCUT2D eigenvalue weighted by atomic mass is 16.2. The van der Waals surface area contributed by atoms with Crippen LogP contribution in [0.15, 0.2) is 71.9 Å². The Morgan fingerprint density at radius 3 is 2.68 bits per heavy atom. The van der Waals surface area contributed by atoms with Crippen LogP contribution in [0.2, 0.25) is 0 Å². The zero-order valence-corrected chi connectivity index (χ0v) is 15.0. The molecule has 0 N–H and O–H groups in total. The highest BCUT2D eigenvalue weighted by molar-refractivity contribution is 5.95. The van der Waals surface area contributed by atoms with E-state index in [0.29, 0.717) is 17.6 Å². The van der Waals surface area contributed by atoms with Crippen LogP contribution in [0.3, 0.4) is 0 Å². The van der Waals surface area contributed by atoms with Gasteiger partial charge in [0, 0.05) is 12.2 Å². The van der Waals surface area contributed by atoms with Crippen LogP contribution < -0.4 is 10.5 Å². The number of anilines is 1. The number of fused-ring (bicyclic) bond motifs is 2. The predicted octanol–water partition coefficient (Wildman–Crippen LogP) is 2.17. The van der Waals surface area contributed by atoms with E-state index < -0.39 is 0 Å². The van der Waals surface area contributed by atoms with Crippen LogP contribution in [0.5, 0.6) is 0 Å². The zero-order valence-electron chi connectivity index (χ0n) is 15.0. The number of nitrogens with zero attached hydrogens (tertiary/aromatic N) is 5. The Morgan fingerprint density at radius 1 is 1.04 bits per heavy atom. The van der Waals surface area contributed by atoms with E-state index in [9.17, 15) is 9.59 Å². The normalized spacial score (nSPS) is 13.1. The van der Waals surface area contributed by atoms with Gasteiger partial charge in [0.2, 0.25) is 5.91 Å². The average Bonchev–Trinajstić information content (AvgIpc) is 3.35. The fourth-order valence-corrected chi connectivity index (χ4v) is 3.65. The first kappa shape index (κ1) is 16.4. The Labute approximate surface area is 160 Å². The summed E-state index contributed by atoms with van der Waals surface area (Å²) in [6.07, 6.45) is 3.76. The van der Waals surface area contributed by atoms with Gasteiger partial charge in [0.25, 0.3) is 5.56 Å². The molecule has 7 heteroatoms. The molecule has 1 aliphatic rings. The maximum atomic E-state index is 12.9. The number of carbonyl (C=O) groups excluding carboxylic acids is 1. The smallest absolute Gasteiger partial charge is 0.264 e. The second-order valence-corrected chi connectivity index (χ2v) is 6.73. The van der Waals surface area contributed by atoms with E-state index in [-0.39, 0.29) is 18.0 Å². The van der Waals surface area contributed by atoms with Crippen molar-refractivity contribution in [2.75, 3.05) is 11.4 Å². The molecule has 2 aromatic heterocycles. The highest BCUT2D eigenvalue weighted by Gasteiger charge is 2.24. The van der Waals surface area contributed by atoms with E-state index in [1.165, 1.54) is 17.1 Å². The van der Waals surface area contributed by atoms with Gasteiger partial charge < -0.3 is 4.90 Å². The third-order valence-electron chi connectivity index (χ3n) is 5.05. The number of carbonyl (C=O) groups is 1. The highest BCUT2D eigenvalue weighted by Crippen LogP contribution is 2.27. The molecule has 1 aliphatic heterocycles. The first-order valence-electron chi connectivity index (χ1n) is 9.09. The van der Waals surface area contributed by atoms with Crippen LogP contribution in [-0.2, 0) is 17.8 Å². The molecule has 0 saturated heterocycles. The lowest BCUT2D eigenvalue weighted by atomic mass is 10.2. The topological polar surface area (TPSA) is 73.0 Å². The zero-order chi connectivity index (χ0) is 19.1. The van der Waals surface area contributed by atoms with E-state index in [1.807, 2.05) is 54.6 Å². The van der Waals surface area contributed by atoms with Gasteiger partial charge >= 0.3 is 0 Å². The molecule has 28 heavy (non-hydrogen) atoms. The molecule has 4 aromatic rings. The van der Waals surface area contributed by atoms with Crippen molar-refractivity contribution < 1.29 is 4.79 Å². The Hall–Kier alpha value is -3.74. The standard InChI is InChI=1S/C21H17N5O2/c27-19(25-11-10-15-6-4-5-9-18(15)25)13-24-14-22-20-17(21(24)28)12-23-26(20)16-7-2-1-3-8-16/h1-9,12,14H,10-11,13H2. The second kappa shape index (κ2) is 6.45. The van der Waals surface area contributed by atoms with Crippen molar-refractivity contribution in [3.63, 3.8) is 0 Å². The van der Waals surface area contributed by atoms with Crippen molar-refractivity contribution in [3.8, 4) is 5.69 Å². The Bertz CT molecular complexity index is 1240. The number of aromatic nitrogens is 4. The number of hydrogen-bond donors (Lipinski definition) is 0. The number of para-hydroxylation sites is 2. The minimum atomic E-state index is -0.270. The molecule has 3 heterocycles. The lowest BCUT2D eigenvalue weighted by Crippen LogP contribution is -2.35. The molecule has 7 nitrogen and oxygen atoms in total. The third-order valence-corrected chi connectivity index (χ3v) is 5.05. The molecule has 0 fully saturated rings. The number of rotatable bonds is 3. The van der Waals surface area contributed by atoms with E-state index in [0.717, 1.165) is 23.4 Å². The predicted molar refractivity (Wildman–Crippen MR) is 106 cm³/mol. The van der Waals surface area contributed by atoms with Gasteiger partial charge in [-0.15, -0.1) is 0 Å². The van der Waals surface area contributed by atoms with Crippen molar-refractivity contribution in [2.24, 2.45) is 0 Å². The van der Waals surface area contributed by atoms with Gasteiger partial charge in [-0.05, 0) is 30.2 Å². The Kier molecular flexibility index (Phi) is 3.79. The SMILES string of the molecule is O=C(Cn1cnc2c(cnn2-c2ccccc2)c1=O)N1CCc2ccccc21. The molecule has 2 aromatic carbocycles. The summed E-state index contributed by atoms with van der Waals surface area (Å²) in [6.45, 7) is 0.584. The number of hydrogen-bond acceptors (Lipinski definition) is 4. The summed E-state index contributed by atoms with van der Waals surface area (Å²) in [7, 11) is 0. The molecule has 0 aliphatic carbocycles. The molecule has 0 unspecified atom stereocenters. The fourth-order valence-electron chi connectivity index (χ4n) is 3.65. The summed E-state index contributed by atoms with van der Waals surface area (Å²) in [4.78, 5) is 31.8. The maximum absolute atomic E-state index is 12.9. The van der Waals surface area contributed by atoms with E-state index in [2.05, 4.69) is 10.1 Å². The monoisotopic (exact) mass is 371 g/mol. The van der Waals surface area contributed by atoms with E-state index >= 15 is 0 Å². The molecule has 0 atom stereocenters. The fraction of sp³-hybridized carbons (Fsp3) is 0.143. The second-order valence-electron chi connectivity index (χ2n) is 6.73. The van der Waals surface area contributed by atoms with Crippen molar-refractivity contribution in [1.82, 2.24) is 19.3 Å². The summed E-state index contributed by atoms with van der Waals surface area (Å²) in [6, 6.07) is 17.4.